The van der Waals surface area contributed by atoms with E-state index in [1.54, 1.807) is 6.07 Å². The molecule has 0 aromatic heterocycles. The normalized spacial score (nSPS) is 13.4. The van der Waals surface area contributed by atoms with E-state index >= 15 is 0 Å². The molecule has 1 aromatic carbocycles. The molecule has 0 saturated heterocycles. The molecular weight excluding hydrogens is 244 g/mol. The molecule has 0 saturated carbocycles. The van der Waals surface area contributed by atoms with Crippen molar-refractivity contribution in [2.75, 3.05) is 13.3 Å². The van der Waals surface area contributed by atoms with Gasteiger partial charge < -0.3 is 15.4 Å². The molecule has 0 aliphatic heterocycles. The Morgan fingerprint density at radius 2 is 2.12 bits per heavy atom. The Morgan fingerprint density at radius 1 is 1.53 bits per heavy atom. The van der Waals surface area contributed by atoms with Gasteiger partial charge in [-0.1, -0.05) is 6.07 Å². The van der Waals surface area contributed by atoms with Crippen molar-refractivity contribution in [1.82, 2.24) is 0 Å². The van der Waals surface area contributed by atoms with Crippen molar-refractivity contribution in [3.63, 3.8) is 0 Å². The van der Waals surface area contributed by atoms with Crippen LogP contribution in [0, 0.1) is 5.82 Å². The third-order valence-corrected chi connectivity index (χ3v) is 3.89. The predicted molar refractivity (Wildman–Crippen MR) is 64.8 cm³/mol. The predicted octanol–water partition coefficient (Wildman–Crippen LogP) is 1.03. The molecule has 0 aliphatic carbocycles. The third-order valence-electron chi connectivity index (χ3n) is 2.37. The molecule has 4 nitrogen and oxygen atoms in total. The fourth-order valence-corrected chi connectivity index (χ4v) is 2.47. The maximum atomic E-state index is 13.6. The lowest BCUT2D eigenvalue weighted by Gasteiger charge is -2.11. The summed E-state index contributed by atoms with van der Waals surface area (Å²) in [5.74, 6) is -1.71. The largest absolute Gasteiger partial charge is 0.480 e. The van der Waals surface area contributed by atoms with Crippen molar-refractivity contribution >= 4 is 18.4 Å². The zero-order valence-corrected chi connectivity index (χ0v) is 10.6. The quantitative estimate of drug-likeness (QED) is 0.791. The van der Waals surface area contributed by atoms with E-state index in [0.717, 1.165) is 0 Å². The van der Waals surface area contributed by atoms with Crippen LogP contribution < -0.4 is 11.0 Å². The summed E-state index contributed by atoms with van der Waals surface area (Å²) in [5.41, 5.74) is 5.83. The van der Waals surface area contributed by atoms with Gasteiger partial charge in [0.05, 0.1) is 0 Å². The van der Waals surface area contributed by atoms with Gasteiger partial charge in [0.1, 0.15) is 19.0 Å². The molecular formula is C11H15FNO3P. The Balaban J connectivity index is 2.98. The second-order valence-corrected chi connectivity index (χ2v) is 7.47. The zero-order valence-electron chi connectivity index (χ0n) is 9.68. The maximum absolute atomic E-state index is 13.6. The zero-order chi connectivity index (χ0) is 13.2. The average Bonchev–Trinajstić information content (AvgIpc) is 2.15. The second kappa shape index (κ2) is 4.98. The van der Waals surface area contributed by atoms with Crippen molar-refractivity contribution in [3.05, 3.63) is 29.6 Å². The van der Waals surface area contributed by atoms with Crippen LogP contribution in [-0.2, 0) is 15.8 Å². The second-order valence-electron chi connectivity index (χ2n) is 4.29. The topological polar surface area (TPSA) is 80.4 Å². The van der Waals surface area contributed by atoms with Crippen molar-refractivity contribution in [2.45, 2.75) is 12.5 Å². The van der Waals surface area contributed by atoms with Crippen molar-refractivity contribution in [3.8, 4) is 0 Å². The Labute approximate surface area is 99.0 Å². The first-order valence-electron chi connectivity index (χ1n) is 5.04. The summed E-state index contributed by atoms with van der Waals surface area (Å²) in [7, 11) is -2.65. The van der Waals surface area contributed by atoms with E-state index in [0.29, 0.717) is 5.56 Å². The first-order chi connectivity index (χ1) is 7.71. The standard InChI is InChI=1S/C11H15FNO3P/c1-17(2,16)10-4-3-7(5-8(10)12)6-9(13)11(14)15/h3-5,9H,6,13H2,1-2H3,(H,14,15). The first kappa shape index (κ1) is 13.9. The van der Waals surface area contributed by atoms with Crippen LogP contribution >= 0.6 is 7.14 Å². The van der Waals surface area contributed by atoms with E-state index < -0.39 is 25.0 Å². The highest BCUT2D eigenvalue weighted by Gasteiger charge is 2.18. The van der Waals surface area contributed by atoms with Crippen LogP contribution in [0.2, 0.25) is 0 Å². The van der Waals surface area contributed by atoms with Crippen LogP contribution in [0.3, 0.4) is 0 Å². The molecule has 94 valence electrons. The van der Waals surface area contributed by atoms with Gasteiger partial charge in [-0.2, -0.15) is 0 Å². The number of aliphatic carboxylic acids is 1. The summed E-state index contributed by atoms with van der Waals surface area (Å²) in [5, 5.41) is 8.80. The lowest BCUT2D eigenvalue weighted by atomic mass is 10.1. The number of benzene rings is 1. The first-order valence-corrected chi connectivity index (χ1v) is 7.64. The monoisotopic (exact) mass is 259 g/mol. The van der Waals surface area contributed by atoms with Gasteiger partial charge in [-0.05, 0) is 37.4 Å². The highest BCUT2D eigenvalue weighted by atomic mass is 31.2. The molecule has 0 aliphatic rings. The average molecular weight is 259 g/mol. The third kappa shape index (κ3) is 3.65. The molecule has 0 fully saturated rings. The van der Waals surface area contributed by atoms with Gasteiger partial charge in [0, 0.05) is 5.30 Å². The smallest absolute Gasteiger partial charge is 0.320 e. The summed E-state index contributed by atoms with van der Waals surface area (Å²) in [6.07, 6.45) is 0.0459. The highest BCUT2D eigenvalue weighted by Crippen LogP contribution is 2.35. The Morgan fingerprint density at radius 3 is 2.53 bits per heavy atom. The van der Waals surface area contributed by atoms with Crippen LogP contribution in [-0.4, -0.2) is 30.4 Å². The van der Waals surface area contributed by atoms with E-state index in [1.165, 1.54) is 25.5 Å². The summed E-state index contributed by atoms with van der Waals surface area (Å²) in [4.78, 5) is 10.6. The van der Waals surface area contributed by atoms with E-state index in [1.807, 2.05) is 0 Å². The molecule has 3 N–H and O–H groups in total. The fourth-order valence-electron chi connectivity index (χ4n) is 1.46. The van der Waals surface area contributed by atoms with Crippen LogP contribution in [0.25, 0.3) is 0 Å². The van der Waals surface area contributed by atoms with Crippen LogP contribution in [0.1, 0.15) is 5.56 Å². The van der Waals surface area contributed by atoms with Crippen molar-refractivity contribution in [2.24, 2.45) is 5.73 Å². The van der Waals surface area contributed by atoms with Gasteiger partial charge in [0.15, 0.2) is 0 Å². The number of carbonyl (C=O) groups is 1. The maximum Gasteiger partial charge on any atom is 0.320 e. The summed E-state index contributed by atoms with van der Waals surface area (Å²) >= 11 is 0. The number of hydrogen-bond acceptors (Lipinski definition) is 3. The van der Waals surface area contributed by atoms with Gasteiger partial charge in [0.25, 0.3) is 0 Å². The molecule has 0 amide bonds. The van der Waals surface area contributed by atoms with Gasteiger partial charge in [0.2, 0.25) is 0 Å². The van der Waals surface area contributed by atoms with E-state index in [9.17, 15) is 13.8 Å². The van der Waals surface area contributed by atoms with Crippen LogP contribution in [0.5, 0.6) is 0 Å². The summed E-state index contributed by atoms with van der Waals surface area (Å²) in [6, 6.07) is 3.12. The minimum absolute atomic E-state index is 0.0459. The summed E-state index contributed by atoms with van der Waals surface area (Å²) in [6.45, 7) is 2.96. The fraction of sp³-hybridized carbons (Fsp3) is 0.364. The number of carboxylic acids is 1. The number of carboxylic acid groups (broad SMARTS) is 1. The number of nitrogens with two attached hydrogens (primary N) is 1. The Bertz CT molecular complexity index is 484. The Kier molecular flexibility index (Phi) is 4.07. The van der Waals surface area contributed by atoms with Crippen LogP contribution in [0.15, 0.2) is 18.2 Å². The summed E-state index contributed by atoms with van der Waals surface area (Å²) < 4.78 is 25.4. The molecule has 6 heteroatoms. The van der Waals surface area contributed by atoms with Gasteiger partial charge in [-0.3, -0.25) is 4.79 Å². The molecule has 1 atom stereocenters. The number of rotatable bonds is 4. The highest BCUT2D eigenvalue weighted by molar-refractivity contribution is 7.70. The molecule has 0 spiro atoms. The Hall–Kier alpha value is -1.19. The van der Waals surface area contributed by atoms with Gasteiger partial charge >= 0.3 is 5.97 Å². The minimum Gasteiger partial charge on any atom is -0.480 e. The molecule has 17 heavy (non-hydrogen) atoms. The molecule has 1 aromatic rings. The van der Waals surface area contributed by atoms with E-state index in [4.69, 9.17) is 10.8 Å². The lowest BCUT2D eigenvalue weighted by Crippen LogP contribution is -2.32. The van der Waals surface area contributed by atoms with Crippen molar-refractivity contribution in [1.29, 1.82) is 0 Å². The van der Waals surface area contributed by atoms with Crippen LogP contribution in [0.4, 0.5) is 4.39 Å². The molecule has 1 rings (SSSR count). The SMILES string of the molecule is CP(C)(=O)c1ccc(CC(N)C(=O)O)cc1F. The van der Waals surface area contributed by atoms with E-state index in [2.05, 4.69) is 0 Å². The minimum atomic E-state index is -2.65. The molecule has 1 unspecified atom stereocenters. The molecule has 0 heterocycles. The van der Waals surface area contributed by atoms with Gasteiger partial charge in [-0.15, -0.1) is 0 Å². The van der Waals surface area contributed by atoms with Crippen molar-refractivity contribution < 1.29 is 18.9 Å². The van der Waals surface area contributed by atoms with Gasteiger partial charge in [-0.25, -0.2) is 4.39 Å². The molecule has 0 bridgehead atoms. The number of hydrogen-bond donors (Lipinski definition) is 2. The lowest BCUT2D eigenvalue weighted by molar-refractivity contribution is -0.138. The molecule has 0 radical (unpaired) electrons. The van der Waals surface area contributed by atoms with E-state index in [-0.39, 0.29) is 11.7 Å². The number of halogens is 1.